The highest BCUT2D eigenvalue weighted by atomic mass is 16.1. The first-order valence-electron chi connectivity index (χ1n) is 5.63. The molecule has 0 aliphatic heterocycles. The second-order valence-electron chi connectivity index (χ2n) is 3.79. The van der Waals surface area contributed by atoms with Crippen molar-refractivity contribution in [3.8, 4) is 0 Å². The van der Waals surface area contributed by atoms with Crippen molar-refractivity contribution in [2.45, 2.75) is 0 Å². The van der Waals surface area contributed by atoms with Crippen LogP contribution in [0.3, 0.4) is 0 Å². The Labute approximate surface area is 106 Å². The van der Waals surface area contributed by atoms with Gasteiger partial charge in [0.05, 0.1) is 0 Å². The molecule has 2 aromatic carbocycles. The number of anilines is 1. The molecule has 0 radical (unpaired) electrons. The predicted octanol–water partition coefficient (Wildman–Crippen LogP) is 3.00. The number of para-hydroxylation sites is 1. The number of amides is 1. The highest BCUT2D eigenvalue weighted by molar-refractivity contribution is 5.95. The zero-order valence-electron chi connectivity index (χ0n) is 9.89. The van der Waals surface area contributed by atoms with Gasteiger partial charge in [0.15, 0.2) is 0 Å². The largest absolute Gasteiger partial charge is 0.342 e. The summed E-state index contributed by atoms with van der Waals surface area (Å²) >= 11 is 0. The molecule has 2 rings (SSSR count). The summed E-state index contributed by atoms with van der Waals surface area (Å²) in [5.41, 5.74) is 1.49. The smallest absolute Gasteiger partial charge is 0.256 e. The topological polar surface area (TPSA) is 41.1 Å². The van der Waals surface area contributed by atoms with Gasteiger partial charge in [-0.2, -0.15) is 0 Å². The van der Waals surface area contributed by atoms with Crippen LogP contribution in [0.25, 0.3) is 0 Å². The fourth-order valence-corrected chi connectivity index (χ4v) is 1.53. The number of nitrogens with one attached hydrogen (secondary N) is 2. The first kappa shape index (κ1) is 11.9. The van der Waals surface area contributed by atoms with Crippen LogP contribution in [0.4, 0.5) is 5.69 Å². The van der Waals surface area contributed by atoms with Crippen LogP contribution in [-0.2, 0) is 0 Å². The molecule has 0 unspecified atom stereocenters. The van der Waals surface area contributed by atoms with Crippen molar-refractivity contribution in [3.05, 3.63) is 78.6 Å². The molecular weight excluding hydrogens is 224 g/mol. The Morgan fingerprint density at radius 3 is 2.06 bits per heavy atom. The lowest BCUT2D eigenvalue weighted by Gasteiger charge is -2.10. The number of carbonyl (C=O) groups is 1. The summed E-state index contributed by atoms with van der Waals surface area (Å²) in [6.07, 6.45) is 0. The SMILES string of the molecule is C=C(NC(=O)c1ccccc1)Nc1ccccc1. The van der Waals surface area contributed by atoms with E-state index in [1.165, 1.54) is 0 Å². The molecule has 0 aromatic heterocycles. The van der Waals surface area contributed by atoms with Gasteiger partial charge in [-0.25, -0.2) is 0 Å². The zero-order chi connectivity index (χ0) is 12.8. The van der Waals surface area contributed by atoms with Crippen LogP contribution in [0.1, 0.15) is 10.4 Å². The van der Waals surface area contributed by atoms with E-state index in [2.05, 4.69) is 17.2 Å². The molecule has 90 valence electrons. The van der Waals surface area contributed by atoms with Crippen LogP contribution < -0.4 is 10.6 Å². The Morgan fingerprint density at radius 2 is 1.44 bits per heavy atom. The fourth-order valence-electron chi connectivity index (χ4n) is 1.53. The summed E-state index contributed by atoms with van der Waals surface area (Å²) < 4.78 is 0. The van der Waals surface area contributed by atoms with E-state index < -0.39 is 0 Å². The monoisotopic (exact) mass is 238 g/mol. The third-order valence-electron chi connectivity index (χ3n) is 2.37. The maximum atomic E-state index is 11.8. The summed E-state index contributed by atoms with van der Waals surface area (Å²) in [5, 5.41) is 5.72. The van der Waals surface area contributed by atoms with E-state index in [1.807, 2.05) is 48.5 Å². The van der Waals surface area contributed by atoms with Crippen LogP contribution in [0.2, 0.25) is 0 Å². The minimum atomic E-state index is -0.177. The molecule has 0 spiro atoms. The maximum absolute atomic E-state index is 11.8. The van der Waals surface area contributed by atoms with Crippen LogP contribution in [0.15, 0.2) is 73.1 Å². The van der Waals surface area contributed by atoms with Crippen molar-refractivity contribution in [2.75, 3.05) is 5.32 Å². The molecule has 0 atom stereocenters. The number of hydrogen-bond donors (Lipinski definition) is 2. The van der Waals surface area contributed by atoms with Gasteiger partial charge >= 0.3 is 0 Å². The van der Waals surface area contributed by atoms with Crippen molar-refractivity contribution >= 4 is 11.6 Å². The molecule has 0 aliphatic rings. The number of benzene rings is 2. The number of rotatable bonds is 4. The van der Waals surface area contributed by atoms with Gasteiger partial charge in [0, 0.05) is 11.3 Å². The molecule has 0 saturated heterocycles. The molecule has 3 heteroatoms. The van der Waals surface area contributed by atoms with Gasteiger partial charge < -0.3 is 10.6 Å². The fraction of sp³-hybridized carbons (Fsp3) is 0. The lowest BCUT2D eigenvalue weighted by molar-refractivity contribution is 0.0966. The zero-order valence-corrected chi connectivity index (χ0v) is 9.89. The summed E-state index contributed by atoms with van der Waals surface area (Å²) in [5.74, 6) is 0.277. The molecule has 2 N–H and O–H groups in total. The highest BCUT2D eigenvalue weighted by Gasteiger charge is 2.05. The summed E-state index contributed by atoms with van der Waals surface area (Å²) in [7, 11) is 0. The Kier molecular flexibility index (Phi) is 3.76. The van der Waals surface area contributed by atoms with Gasteiger partial charge in [-0.3, -0.25) is 4.79 Å². The first-order chi connectivity index (χ1) is 8.75. The minimum Gasteiger partial charge on any atom is -0.342 e. The molecule has 2 aromatic rings. The van der Waals surface area contributed by atoms with Crippen molar-refractivity contribution in [1.82, 2.24) is 5.32 Å². The average Bonchev–Trinajstić information content (AvgIpc) is 2.40. The average molecular weight is 238 g/mol. The summed E-state index contributed by atoms with van der Waals surface area (Å²) in [6.45, 7) is 3.77. The Morgan fingerprint density at radius 1 is 0.889 bits per heavy atom. The molecule has 0 aliphatic carbocycles. The van der Waals surface area contributed by atoms with Gasteiger partial charge in [0.1, 0.15) is 5.82 Å². The highest BCUT2D eigenvalue weighted by Crippen LogP contribution is 2.07. The van der Waals surface area contributed by atoms with E-state index in [0.717, 1.165) is 5.69 Å². The van der Waals surface area contributed by atoms with Crippen molar-refractivity contribution in [3.63, 3.8) is 0 Å². The molecule has 18 heavy (non-hydrogen) atoms. The van der Waals surface area contributed by atoms with Crippen LogP contribution in [-0.4, -0.2) is 5.91 Å². The molecule has 1 amide bonds. The van der Waals surface area contributed by atoms with Crippen LogP contribution >= 0.6 is 0 Å². The van der Waals surface area contributed by atoms with E-state index in [4.69, 9.17) is 0 Å². The van der Waals surface area contributed by atoms with E-state index in [1.54, 1.807) is 12.1 Å². The molecule has 3 nitrogen and oxygen atoms in total. The summed E-state index contributed by atoms with van der Waals surface area (Å²) in [6, 6.07) is 18.6. The third kappa shape index (κ3) is 3.22. The maximum Gasteiger partial charge on any atom is 0.256 e. The molecule has 0 saturated carbocycles. The Bertz CT molecular complexity index is 535. The second-order valence-corrected chi connectivity index (χ2v) is 3.79. The summed E-state index contributed by atoms with van der Waals surface area (Å²) in [4.78, 5) is 11.8. The van der Waals surface area contributed by atoms with Crippen LogP contribution in [0, 0.1) is 0 Å². The van der Waals surface area contributed by atoms with E-state index in [9.17, 15) is 4.79 Å². The quantitative estimate of drug-likeness (QED) is 0.859. The van der Waals surface area contributed by atoms with Gasteiger partial charge in [0.2, 0.25) is 0 Å². The van der Waals surface area contributed by atoms with Gasteiger partial charge in [-0.05, 0) is 24.3 Å². The first-order valence-corrected chi connectivity index (χ1v) is 5.63. The predicted molar refractivity (Wildman–Crippen MR) is 73.1 cm³/mol. The van der Waals surface area contributed by atoms with Gasteiger partial charge in [-0.1, -0.05) is 43.0 Å². The standard InChI is InChI=1S/C15H14N2O/c1-12(16-14-10-6-3-7-11-14)17-15(18)13-8-4-2-5-9-13/h2-11,16H,1H2,(H,17,18). The Balaban J connectivity index is 1.94. The van der Waals surface area contributed by atoms with Crippen molar-refractivity contribution in [2.24, 2.45) is 0 Å². The van der Waals surface area contributed by atoms with Gasteiger partial charge in [0.25, 0.3) is 5.91 Å². The van der Waals surface area contributed by atoms with E-state index >= 15 is 0 Å². The molecule has 0 bridgehead atoms. The van der Waals surface area contributed by atoms with Crippen molar-refractivity contribution < 1.29 is 4.79 Å². The lowest BCUT2D eigenvalue weighted by atomic mass is 10.2. The van der Waals surface area contributed by atoms with Gasteiger partial charge in [-0.15, -0.1) is 0 Å². The number of hydrogen-bond acceptors (Lipinski definition) is 2. The van der Waals surface area contributed by atoms with E-state index in [-0.39, 0.29) is 5.91 Å². The molecular formula is C15H14N2O. The normalized spacial score (nSPS) is 9.56. The molecule has 0 heterocycles. The van der Waals surface area contributed by atoms with Crippen LogP contribution in [0.5, 0.6) is 0 Å². The Hall–Kier alpha value is -2.55. The van der Waals surface area contributed by atoms with Crippen molar-refractivity contribution in [1.29, 1.82) is 0 Å². The lowest BCUT2D eigenvalue weighted by Crippen LogP contribution is -2.26. The molecule has 0 fully saturated rings. The third-order valence-corrected chi connectivity index (χ3v) is 2.37. The minimum absolute atomic E-state index is 0.177. The van der Waals surface area contributed by atoms with E-state index in [0.29, 0.717) is 11.4 Å². The second kappa shape index (κ2) is 5.68. The number of carbonyl (C=O) groups excluding carboxylic acids is 1.